The number of hydrogen-bond donors (Lipinski definition) is 0. The second-order valence-electron chi connectivity index (χ2n) is 5.97. The minimum Gasteiger partial charge on any atom is -0.469 e. The molecule has 0 aromatic heterocycles. The monoisotopic (exact) mass is 310 g/mol. The quantitative estimate of drug-likeness (QED) is 0.572. The molecule has 0 saturated carbocycles. The third kappa shape index (κ3) is 4.42. The van der Waals surface area contributed by atoms with Gasteiger partial charge >= 0.3 is 5.97 Å². The number of epoxide rings is 1. The molecule has 0 amide bonds. The van der Waals surface area contributed by atoms with Gasteiger partial charge in [-0.2, -0.15) is 0 Å². The van der Waals surface area contributed by atoms with Crippen LogP contribution in [0.1, 0.15) is 42.1 Å². The lowest BCUT2D eigenvalue weighted by molar-refractivity contribution is -0.140. The van der Waals surface area contributed by atoms with E-state index < -0.39 is 0 Å². The van der Waals surface area contributed by atoms with E-state index in [1.54, 1.807) is 0 Å². The second kappa shape index (κ2) is 7.42. The Morgan fingerprint density at radius 1 is 1.04 bits per heavy atom. The number of methoxy groups -OCH3 is 1. The van der Waals surface area contributed by atoms with E-state index in [4.69, 9.17) is 4.74 Å². The van der Waals surface area contributed by atoms with Crippen molar-refractivity contribution in [3.05, 3.63) is 71.3 Å². The number of carbonyl (C=O) groups is 1. The summed E-state index contributed by atoms with van der Waals surface area (Å²) >= 11 is 0. The van der Waals surface area contributed by atoms with Crippen molar-refractivity contribution >= 4 is 5.97 Å². The third-order valence-electron chi connectivity index (χ3n) is 4.24. The van der Waals surface area contributed by atoms with E-state index in [1.807, 2.05) is 6.07 Å². The van der Waals surface area contributed by atoms with Gasteiger partial charge < -0.3 is 9.47 Å². The lowest BCUT2D eigenvalue weighted by Crippen LogP contribution is -2.00. The maximum Gasteiger partial charge on any atom is 0.305 e. The van der Waals surface area contributed by atoms with Crippen LogP contribution in [0.25, 0.3) is 0 Å². The summed E-state index contributed by atoms with van der Waals surface area (Å²) in [6.45, 7) is 0. The van der Waals surface area contributed by atoms with Gasteiger partial charge in [-0.15, -0.1) is 0 Å². The highest BCUT2D eigenvalue weighted by atomic mass is 16.6. The first-order valence-electron chi connectivity index (χ1n) is 8.11. The van der Waals surface area contributed by atoms with Crippen LogP contribution >= 0.6 is 0 Å². The van der Waals surface area contributed by atoms with Gasteiger partial charge in [-0.1, -0.05) is 54.6 Å². The number of ether oxygens (including phenoxy) is 2. The normalized spacial score (nSPS) is 19.3. The SMILES string of the molecule is COC(=O)CCC[C@@H]1O[C@H]1c1ccc(Cc2ccccc2)cc1. The van der Waals surface area contributed by atoms with Gasteiger partial charge in [-0.05, 0) is 36.0 Å². The maximum absolute atomic E-state index is 11.1. The standard InChI is InChI=1S/C20H22O3/c1-22-19(21)9-5-8-18-20(23-18)17-12-10-16(11-13-17)14-15-6-3-2-4-7-15/h2-4,6-7,10-13,18,20H,5,8-9,14H2,1H3/t18-,20-/m0/s1. The molecule has 1 aliphatic heterocycles. The zero-order valence-corrected chi connectivity index (χ0v) is 13.4. The van der Waals surface area contributed by atoms with Gasteiger partial charge in [-0.25, -0.2) is 0 Å². The van der Waals surface area contributed by atoms with E-state index in [-0.39, 0.29) is 18.2 Å². The molecule has 0 bridgehead atoms. The number of benzene rings is 2. The Bertz CT molecular complexity index is 634. The molecule has 120 valence electrons. The topological polar surface area (TPSA) is 38.8 Å². The fourth-order valence-corrected chi connectivity index (χ4v) is 2.86. The molecule has 2 atom stereocenters. The van der Waals surface area contributed by atoms with Crippen LogP contribution in [0.4, 0.5) is 0 Å². The molecule has 0 spiro atoms. The third-order valence-corrected chi connectivity index (χ3v) is 4.24. The second-order valence-corrected chi connectivity index (χ2v) is 5.97. The van der Waals surface area contributed by atoms with Gasteiger partial charge in [0.05, 0.1) is 13.2 Å². The molecule has 23 heavy (non-hydrogen) atoms. The molecule has 3 nitrogen and oxygen atoms in total. The highest BCUT2D eigenvalue weighted by Crippen LogP contribution is 2.41. The molecule has 2 aromatic rings. The Kier molecular flexibility index (Phi) is 5.09. The maximum atomic E-state index is 11.1. The van der Waals surface area contributed by atoms with Crippen molar-refractivity contribution < 1.29 is 14.3 Å². The molecule has 0 N–H and O–H groups in total. The van der Waals surface area contributed by atoms with E-state index in [1.165, 1.54) is 23.8 Å². The van der Waals surface area contributed by atoms with Crippen molar-refractivity contribution in [2.45, 2.75) is 37.9 Å². The summed E-state index contributed by atoms with van der Waals surface area (Å²) in [7, 11) is 1.43. The minimum absolute atomic E-state index is 0.146. The molecule has 1 aliphatic rings. The number of rotatable bonds is 7. The van der Waals surface area contributed by atoms with E-state index in [9.17, 15) is 4.79 Å². The van der Waals surface area contributed by atoms with Crippen molar-refractivity contribution in [1.82, 2.24) is 0 Å². The smallest absolute Gasteiger partial charge is 0.305 e. The summed E-state index contributed by atoms with van der Waals surface area (Å²) in [4.78, 5) is 11.1. The van der Waals surface area contributed by atoms with Crippen molar-refractivity contribution in [2.24, 2.45) is 0 Å². The Labute approximate surface area is 137 Å². The number of hydrogen-bond acceptors (Lipinski definition) is 3. The largest absolute Gasteiger partial charge is 0.469 e. The Morgan fingerprint density at radius 2 is 1.74 bits per heavy atom. The predicted molar refractivity (Wildman–Crippen MR) is 89.2 cm³/mol. The summed E-state index contributed by atoms with van der Waals surface area (Å²) < 4.78 is 10.4. The molecule has 1 fully saturated rings. The van der Waals surface area contributed by atoms with E-state index >= 15 is 0 Å². The lowest BCUT2D eigenvalue weighted by atomic mass is 10.0. The van der Waals surface area contributed by atoms with Crippen LogP contribution in [0.15, 0.2) is 54.6 Å². The summed E-state index contributed by atoms with van der Waals surface area (Å²) in [5, 5.41) is 0. The van der Waals surface area contributed by atoms with Gasteiger partial charge in [0.2, 0.25) is 0 Å². The molecule has 3 heteroatoms. The Hall–Kier alpha value is -2.13. The molecular weight excluding hydrogens is 288 g/mol. The van der Waals surface area contributed by atoms with Crippen LogP contribution in [-0.4, -0.2) is 19.2 Å². The summed E-state index contributed by atoms with van der Waals surface area (Å²) in [5.74, 6) is -0.146. The highest BCUT2D eigenvalue weighted by Gasteiger charge is 2.39. The Morgan fingerprint density at radius 3 is 2.43 bits per heavy atom. The van der Waals surface area contributed by atoms with E-state index in [0.29, 0.717) is 6.42 Å². The summed E-state index contributed by atoms with van der Waals surface area (Å²) in [5.41, 5.74) is 3.86. The highest BCUT2D eigenvalue weighted by molar-refractivity contribution is 5.69. The summed E-state index contributed by atoms with van der Waals surface area (Å²) in [6, 6.07) is 19.1. The number of carbonyl (C=O) groups excluding carboxylic acids is 1. The molecule has 0 radical (unpaired) electrons. The van der Waals surface area contributed by atoms with E-state index in [0.717, 1.165) is 19.3 Å². The van der Waals surface area contributed by atoms with Crippen molar-refractivity contribution in [3.8, 4) is 0 Å². The predicted octanol–water partition coefficient (Wildman–Crippen LogP) is 4.06. The van der Waals surface area contributed by atoms with Gasteiger partial charge in [0.15, 0.2) is 0 Å². The van der Waals surface area contributed by atoms with Crippen LogP contribution in [0.5, 0.6) is 0 Å². The molecule has 1 heterocycles. The zero-order valence-electron chi connectivity index (χ0n) is 13.4. The van der Waals surface area contributed by atoms with Crippen LogP contribution < -0.4 is 0 Å². The average molecular weight is 310 g/mol. The molecule has 0 unspecified atom stereocenters. The van der Waals surface area contributed by atoms with Gasteiger partial charge in [0.1, 0.15) is 6.10 Å². The van der Waals surface area contributed by atoms with Gasteiger partial charge in [0.25, 0.3) is 0 Å². The fraction of sp³-hybridized carbons (Fsp3) is 0.350. The van der Waals surface area contributed by atoms with Gasteiger partial charge in [0, 0.05) is 6.42 Å². The number of esters is 1. The average Bonchev–Trinajstić information content (AvgIpc) is 3.36. The lowest BCUT2D eigenvalue weighted by Gasteiger charge is -2.03. The molecule has 1 saturated heterocycles. The van der Waals surface area contributed by atoms with Crippen LogP contribution in [0, 0.1) is 0 Å². The first kappa shape index (κ1) is 15.8. The fourth-order valence-electron chi connectivity index (χ4n) is 2.86. The van der Waals surface area contributed by atoms with Crippen LogP contribution in [0.3, 0.4) is 0 Å². The van der Waals surface area contributed by atoms with Crippen LogP contribution in [0.2, 0.25) is 0 Å². The minimum atomic E-state index is -0.146. The molecular formula is C20H22O3. The first-order chi connectivity index (χ1) is 11.3. The zero-order chi connectivity index (χ0) is 16.1. The van der Waals surface area contributed by atoms with Crippen LogP contribution in [-0.2, 0) is 20.7 Å². The first-order valence-corrected chi connectivity index (χ1v) is 8.11. The molecule has 3 rings (SSSR count). The van der Waals surface area contributed by atoms with Crippen molar-refractivity contribution in [3.63, 3.8) is 0 Å². The van der Waals surface area contributed by atoms with Gasteiger partial charge in [-0.3, -0.25) is 4.79 Å². The summed E-state index contributed by atoms with van der Waals surface area (Å²) in [6.07, 6.45) is 3.60. The van der Waals surface area contributed by atoms with Crippen molar-refractivity contribution in [2.75, 3.05) is 7.11 Å². The molecule has 0 aliphatic carbocycles. The van der Waals surface area contributed by atoms with Crippen molar-refractivity contribution in [1.29, 1.82) is 0 Å². The van der Waals surface area contributed by atoms with E-state index in [2.05, 4.69) is 53.3 Å². The Balaban J connectivity index is 1.48. The molecule has 2 aromatic carbocycles.